The van der Waals surface area contributed by atoms with Crippen molar-refractivity contribution in [1.29, 1.82) is 0 Å². The molecule has 0 spiro atoms. The van der Waals surface area contributed by atoms with Gasteiger partial charge in [-0.15, -0.1) is 5.10 Å². The maximum absolute atomic E-state index is 14.2. The van der Waals surface area contributed by atoms with Gasteiger partial charge in [0.15, 0.2) is 17.5 Å². The first-order chi connectivity index (χ1) is 18.2. The molecule has 0 aliphatic heterocycles. The number of methoxy groups -OCH3 is 2. The fourth-order valence-electron chi connectivity index (χ4n) is 4.28. The van der Waals surface area contributed by atoms with Gasteiger partial charge in [-0.05, 0) is 56.7 Å². The predicted molar refractivity (Wildman–Crippen MR) is 145 cm³/mol. The lowest BCUT2D eigenvalue weighted by molar-refractivity contribution is -0.128. The number of aromatic nitrogens is 4. The van der Waals surface area contributed by atoms with Crippen molar-refractivity contribution in [2.24, 2.45) is 7.05 Å². The number of amides is 2. The summed E-state index contributed by atoms with van der Waals surface area (Å²) in [5.41, 5.74) is 2.06. The van der Waals surface area contributed by atoms with Crippen LogP contribution in [-0.2, 0) is 23.2 Å². The van der Waals surface area contributed by atoms with Crippen LogP contribution >= 0.6 is 0 Å². The van der Waals surface area contributed by atoms with Crippen molar-refractivity contribution in [2.75, 3.05) is 19.1 Å². The Morgan fingerprint density at radius 3 is 2.45 bits per heavy atom. The third kappa shape index (κ3) is 5.34. The Morgan fingerprint density at radius 2 is 1.79 bits per heavy atom. The van der Waals surface area contributed by atoms with Gasteiger partial charge in [-0.1, -0.05) is 24.3 Å². The van der Waals surface area contributed by atoms with Crippen LogP contribution in [-0.4, -0.2) is 51.1 Å². The Bertz CT molecular complexity index is 1440. The highest BCUT2D eigenvalue weighted by molar-refractivity contribution is 6.01. The third-order valence-corrected chi connectivity index (χ3v) is 6.74. The molecule has 1 N–H and O–H groups in total. The van der Waals surface area contributed by atoms with Crippen LogP contribution in [0.2, 0.25) is 0 Å². The molecule has 38 heavy (non-hydrogen) atoms. The first-order valence-electron chi connectivity index (χ1n) is 12.4. The van der Waals surface area contributed by atoms with Crippen molar-refractivity contribution in [2.45, 2.75) is 45.3 Å². The van der Waals surface area contributed by atoms with E-state index in [-0.39, 0.29) is 18.4 Å². The third-order valence-electron chi connectivity index (χ3n) is 6.74. The molecule has 0 saturated heterocycles. The second-order valence-corrected chi connectivity index (χ2v) is 9.71. The number of hydrogen-bond donors (Lipinski definition) is 1. The van der Waals surface area contributed by atoms with E-state index in [4.69, 9.17) is 9.47 Å². The normalized spacial score (nSPS) is 12.3. The van der Waals surface area contributed by atoms with Crippen LogP contribution in [0.15, 0.2) is 60.8 Å². The van der Waals surface area contributed by atoms with Gasteiger partial charge < -0.3 is 19.4 Å². The number of nitrogens with one attached hydrogen (secondary N) is 1. The molecular weight excluding hydrogens is 484 g/mol. The topological polar surface area (TPSA) is 104 Å². The van der Waals surface area contributed by atoms with E-state index in [0.717, 1.165) is 5.52 Å². The van der Waals surface area contributed by atoms with Gasteiger partial charge in [0.25, 0.3) is 0 Å². The molecule has 10 nitrogen and oxygen atoms in total. The van der Waals surface area contributed by atoms with E-state index < -0.39 is 11.6 Å². The summed E-state index contributed by atoms with van der Waals surface area (Å²) < 4.78 is 14.3. The molecule has 0 aliphatic rings. The van der Waals surface area contributed by atoms with E-state index in [1.165, 1.54) is 12.0 Å². The molecule has 2 aromatic carbocycles. The minimum atomic E-state index is -0.971. The molecule has 1 unspecified atom stereocenters. The maximum Gasteiger partial charge on any atom is 0.249 e. The molecular formula is C28H34N6O4. The van der Waals surface area contributed by atoms with Gasteiger partial charge in [0, 0.05) is 30.5 Å². The minimum Gasteiger partial charge on any atom is -0.493 e. The molecule has 4 rings (SSSR count). The van der Waals surface area contributed by atoms with Crippen LogP contribution in [0.5, 0.6) is 11.5 Å². The average molecular weight is 519 g/mol. The summed E-state index contributed by atoms with van der Waals surface area (Å²) in [5, 5.41) is 11.5. The van der Waals surface area contributed by atoms with Gasteiger partial charge in [0.05, 0.1) is 25.4 Å². The highest BCUT2D eigenvalue weighted by Gasteiger charge is 2.37. The SMILES string of the molecule is CCC(C)(C)NC(=O)C(c1cccn1C)N(C(=O)Cn1nnc2ccccc21)c1ccc(OC)c(OC)c1. The first kappa shape index (κ1) is 26.7. The molecule has 200 valence electrons. The number of hydrogen-bond acceptors (Lipinski definition) is 6. The average Bonchev–Trinajstić information content (AvgIpc) is 3.52. The molecule has 0 saturated carbocycles. The van der Waals surface area contributed by atoms with Gasteiger partial charge >= 0.3 is 0 Å². The standard InChI is InChI=1S/C28H34N6O4/c1-7-28(2,3)29-27(36)26(22-13-10-16-32(22)4)34(19-14-15-23(37-5)24(17-19)38-6)25(35)18-33-21-12-9-8-11-20(21)30-31-33/h8-17,26H,7,18H2,1-6H3,(H,29,36). The lowest BCUT2D eigenvalue weighted by Gasteiger charge is -2.35. The minimum absolute atomic E-state index is 0.125. The second kappa shape index (κ2) is 11.0. The van der Waals surface area contributed by atoms with Gasteiger partial charge in [0.1, 0.15) is 12.1 Å². The van der Waals surface area contributed by atoms with E-state index in [0.29, 0.717) is 34.8 Å². The Morgan fingerprint density at radius 1 is 1.05 bits per heavy atom. The number of anilines is 1. The quantitative estimate of drug-likeness (QED) is 0.342. The van der Waals surface area contributed by atoms with Crippen LogP contribution in [0.25, 0.3) is 11.0 Å². The Hall–Kier alpha value is -4.34. The lowest BCUT2D eigenvalue weighted by atomic mass is 10.00. The zero-order valence-corrected chi connectivity index (χ0v) is 22.6. The number of carbonyl (C=O) groups excluding carboxylic acids is 2. The van der Waals surface area contributed by atoms with Gasteiger partial charge in [-0.2, -0.15) is 0 Å². The highest BCUT2D eigenvalue weighted by atomic mass is 16.5. The van der Waals surface area contributed by atoms with Gasteiger partial charge in [-0.3, -0.25) is 14.5 Å². The molecule has 10 heteroatoms. The molecule has 2 amide bonds. The van der Waals surface area contributed by atoms with Crippen molar-refractivity contribution >= 4 is 28.5 Å². The van der Waals surface area contributed by atoms with Crippen LogP contribution in [0, 0.1) is 0 Å². The zero-order chi connectivity index (χ0) is 27.4. The number of para-hydroxylation sites is 1. The number of carbonyl (C=O) groups is 2. The summed E-state index contributed by atoms with van der Waals surface area (Å²) in [6, 6.07) is 15.3. The summed E-state index contributed by atoms with van der Waals surface area (Å²) in [5.74, 6) is 0.306. The summed E-state index contributed by atoms with van der Waals surface area (Å²) in [4.78, 5) is 29.6. The van der Waals surface area contributed by atoms with Crippen molar-refractivity contribution in [3.63, 3.8) is 0 Å². The predicted octanol–water partition coefficient (Wildman–Crippen LogP) is 3.87. The van der Waals surface area contributed by atoms with E-state index in [2.05, 4.69) is 15.6 Å². The number of nitrogens with zero attached hydrogens (tertiary/aromatic N) is 5. The van der Waals surface area contributed by atoms with E-state index in [9.17, 15) is 9.59 Å². The van der Waals surface area contributed by atoms with Crippen LogP contribution in [0.4, 0.5) is 5.69 Å². The molecule has 0 aliphatic carbocycles. The Labute approximate surface area is 222 Å². The molecule has 0 fully saturated rings. The zero-order valence-electron chi connectivity index (χ0n) is 22.6. The van der Waals surface area contributed by atoms with E-state index >= 15 is 0 Å². The lowest BCUT2D eigenvalue weighted by Crippen LogP contribution is -2.51. The van der Waals surface area contributed by atoms with Crippen molar-refractivity contribution in [3.05, 3.63) is 66.5 Å². The van der Waals surface area contributed by atoms with E-state index in [1.54, 1.807) is 30.0 Å². The van der Waals surface area contributed by atoms with Crippen LogP contribution in [0.1, 0.15) is 38.9 Å². The fourth-order valence-corrected chi connectivity index (χ4v) is 4.28. The Balaban J connectivity index is 1.86. The molecule has 0 radical (unpaired) electrons. The van der Waals surface area contributed by atoms with Gasteiger partial charge in [0.2, 0.25) is 11.8 Å². The highest BCUT2D eigenvalue weighted by Crippen LogP contribution is 2.36. The molecule has 0 bridgehead atoms. The van der Waals surface area contributed by atoms with Crippen molar-refractivity contribution in [3.8, 4) is 11.5 Å². The number of aryl methyl sites for hydroxylation is 1. The first-order valence-corrected chi connectivity index (χ1v) is 12.4. The van der Waals surface area contributed by atoms with Crippen molar-refractivity contribution in [1.82, 2.24) is 24.9 Å². The largest absolute Gasteiger partial charge is 0.493 e. The molecule has 1 atom stereocenters. The number of rotatable bonds is 10. The molecule has 2 aromatic heterocycles. The summed E-state index contributed by atoms with van der Waals surface area (Å²) >= 11 is 0. The fraction of sp³-hybridized carbons (Fsp3) is 0.357. The number of ether oxygens (including phenoxy) is 2. The van der Waals surface area contributed by atoms with Crippen LogP contribution in [0.3, 0.4) is 0 Å². The molecule has 4 aromatic rings. The summed E-state index contributed by atoms with van der Waals surface area (Å²) in [7, 11) is 4.92. The molecule has 2 heterocycles. The second-order valence-electron chi connectivity index (χ2n) is 9.71. The Kier molecular flexibility index (Phi) is 7.70. The summed E-state index contributed by atoms with van der Waals surface area (Å²) in [6.45, 7) is 5.79. The smallest absolute Gasteiger partial charge is 0.249 e. The van der Waals surface area contributed by atoms with E-state index in [1.807, 2.05) is 75.0 Å². The van der Waals surface area contributed by atoms with Crippen LogP contribution < -0.4 is 19.7 Å². The van der Waals surface area contributed by atoms with Crippen molar-refractivity contribution < 1.29 is 19.1 Å². The maximum atomic E-state index is 14.2. The number of benzene rings is 2. The number of fused-ring (bicyclic) bond motifs is 1. The summed E-state index contributed by atoms with van der Waals surface area (Å²) in [6.07, 6.45) is 2.57. The monoisotopic (exact) mass is 518 g/mol. The van der Waals surface area contributed by atoms with Gasteiger partial charge in [-0.25, -0.2) is 4.68 Å².